The number of amides is 1. The highest BCUT2D eigenvalue weighted by Gasteiger charge is 2.22. The van der Waals surface area contributed by atoms with E-state index in [4.69, 9.17) is 0 Å². The fourth-order valence-corrected chi connectivity index (χ4v) is 3.63. The van der Waals surface area contributed by atoms with E-state index < -0.39 is 0 Å². The molecule has 1 N–H and O–H groups in total. The van der Waals surface area contributed by atoms with Crippen LogP contribution in [0.3, 0.4) is 0 Å². The van der Waals surface area contributed by atoms with Crippen LogP contribution in [0, 0.1) is 5.82 Å². The third-order valence-corrected chi connectivity index (χ3v) is 5.34. The number of halogens is 1. The van der Waals surface area contributed by atoms with E-state index in [0.717, 1.165) is 44.7 Å². The van der Waals surface area contributed by atoms with E-state index in [9.17, 15) is 9.18 Å². The van der Waals surface area contributed by atoms with Crippen molar-refractivity contribution in [2.45, 2.75) is 45.8 Å². The van der Waals surface area contributed by atoms with E-state index in [0.29, 0.717) is 18.3 Å². The topological polar surface area (TPSA) is 66.3 Å². The lowest BCUT2D eigenvalue weighted by molar-refractivity contribution is 0.0938. The van der Waals surface area contributed by atoms with Gasteiger partial charge in [-0.3, -0.25) is 19.3 Å². The molecule has 3 rings (SSSR count). The summed E-state index contributed by atoms with van der Waals surface area (Å²) in [5, 5.41) is 10.8. The smallest absolute Gasteiger partial charge is 0.273 e. The van der Waals surface area contributed by atoms with Crippen LogP contribution in [-0.2, 0) is 13.0 Å². The van der Waals surface area contributed by atoms with Crippen LogP contribution >= 0.6 is 0 Å². The first-order chi connectivity index (χ1) is 13.9. The van der Waals surface area contributed by atoms with Gasteiger partial charge in [0.1, 0.15) is 5.82 Å². The van der Waals surface area contributed by atoms with Crippen LogP contribution in [0.15, 0.2) is 30.5 Å². The minimum Gasteiger partial charge on any atom is -0.348 e. The molecule has 1 aliphatic heterocycles. The second-order valence-corrected chi connectivity index (χ2v) is 8.02. The Morgan fingerprint density at radius 1 is 1.14 bits per heavy atom. The van der Waals surface area contributed by atoms with Gasteiger partial charge in [-0.05, 0) is 38.8 Å². The van der Waals surface area contributed by atoms with Crippen LogP contribution < -0.4 is 5.32 Å². The molecule has 0 saturated carbocycles. The predicted molar refractivity (Wildman–Crippen MR) is 110 cm³/mol. The molecule has 1 saturated heterocycles. The lowest BCUT2D eigenvalue weighted by Gasteiger charge is -2.38. The molecule has 0 spiro atoms. The van der Waals surface area contributed by atoms with Crippen molar-refractivity contribution in [3.63, 3.8) is 0 Å². The number of rotatable bonds is 8. The van der Waals surface area contributed by atoms with Gasteiger partial charge in [0.05, 0.1) is 12.7 Å². The molecule has 7 nitrogen and oxygen atoms in total. The van der Waals surface area contributed by atoms with Crippen LogP contribution in [0.4, 0.5) is 4.39 Å². The molecule has 158 valence electrons. The van der Waals surface area contributed by atoms with Crippen molar-refractivity contribution < 1.29 is 9.18 Å². The Morgan fingerprint density at radius 2 is 1.86 bits per heavy atom. The quantitative estimate of drug-likeness (QED) is 0.730. The minimum absolute atomic E-state index is 0.0738. The second-order valence-electron chi connectivity index (χ2n) is 8.02. The van der Waals surface area contributed by atoms with Gasteiger partial charge in [0.15, 0.2) is 5.69 Å². The molecule has 2 heterocycles. The van der Waals surface area contributed by atoms with E-state index in [2.05, 4.69) is 32.4 Å². The van der Waals surface area contributed by atoms with E-state index in [-0.39, 0.29) is 17.8 Å². The van der Waals surface area contributed by atoms with Crippen molar-refractivity contribution in [1.29, 1.82) is 0 Å². The fourth-order valence-electron chi connectivity index (χ4n) is 3.63. The minimum atomic E-state index is -0.191. The Kier molecular flexibility index (Phi) is 7.33. The summed E-state index contributed by atoms with van der Waals surface area (Å²) < 4.78 is 15.6. The van der Waals surface area contributed by atoms with E-state index >= 15 is 0 Å². The number of nitrogens with one attached hydrogen (secondary N) is 1. The van der Waals surface area contributed by atoms with Gasteiger partial charge in [-0.2, -0.15) is 0 Å². The van der Waals surface area contributed by atoms with Gasteiger partial charge in [-0.25, -0.2) is 4.39 Å². The van der Waals surface area contributed by atoms with Crippen LogP contribution in [0.1, 0.15) is 36.8 Å². The average molecular weight is 403 g/mol. The lowest BCUT2D eigenvalue weighted by Crippen LogP contribution is -2.50. The first-order valence-corrected chi connectivity index (χ1v) is 10.3. The summed E-state index contributed by atoms with van der Waals surface area (Å²) in [5.41, 5.74) is 1.14. The first kappa shape index (κ1) is 21.4. The average Bonchev–Trinajstić information content (AvgIpc) is 3.17. The van der Waals surface area contributed by atoms with Crippen molar-refractivity contribution in [2.75, 3.05) is 32.7 Å². The summed E-state index contributed by atoms with van der Waals surface area (Å²) in [6, 6.07) is 7.41. The molecule has 1 aromatic carbocycles. The molecular formula is C21H31FN6O. The maximum Gasteiger partial charge on any atom is 0.273 e. The van der Waals surface area contributed by atoms with Gasteiger partial charge < -0.3 is 5.32 Å². The molecule has 0 aliphatic carbocycles. The van der Waals surface area contributed by atoms with Crippen molar-refractivity contribution in [1.82, 2.24) is 30.1 Å². The van der Waals surface area contributed by atoms with Crippen LogP contribution in [0.2, 0.25) is 0 Å². The highest BCUT2D eigenvalue weighted by molar-refractivity contribution is 5.91. The maximum absolute atomic E-state index is 13.9. The summed E-state index contributed by atoms with van der Waals surface area (Å²) in [6.45, 7) is 11.4. The Balaban J connectivity index is 1.41. The Morgan fingerprint density at radius 3 is 2.55 bits per heavy atom. The fraction of sp³-hybridized carbons (Fsp3) is 0.571. The summed E-state index contributed by atoms with van der Waals surface area (Å²) in [7, 11) is 0. The van der Waals surface area contributed by atoms with Gasteiger partial charge in [0.25, 0.3) is 5.91 Å². The third-order valence-electron chi connectivity index (χ3n) is 5.34. The molecule has 0 bridgehead atoms. The molecule has 1 aromatic heterocycles. The van der Waals surface area contributed by atoms with Crippen molar-refractivity contribution >= 4 is 5.91 Å². The zero-order valence-electron chi connectivity index (χ0n) is 17.5. The number of hydrogen-bond acceptors (Lipinski definition) is 5. The number of benzene rings is 1. The van der Waals surface area contributed by atoms with Crippen LogP contribution in [0.5, 0.6) is 0 Å². The second kappa shape index (κ2) is 9.93. The number of carbonyl (C=O) groups is 1. The molecular weight excluding hydrogens is 371 g/mol. The summed E-state index contributed by atoms with van der Waals surface area (Å²) in [5.74, 6) is -0.309. The highest BCUT2D eigenvalue weighted by atomic mass is 19.1. The van der Waals surface area contributed by atoms with Gasteiger partial charge >= 0.3 is 0 Å². The molecule has 1 fully saturated rings. The molecule has 1 atom stereocenters. The monoisotopic (exact) mass is 402 g/mol. The number of piperazine rings is 1. The van der Waals surface area contributed by atoms with Gasteiger partial charge in [0.2, 0.25) is 0 Å². The van der Waals surface area contributed by atoms with Gasteiger partial charge in [-0.15, -0.1) is 5.10 Å². The van der Waals surface area contributed by atoms with Crippen molar-refractivity contribution in [3.05, 3.63) is 47.5 Å². The summed E-state index contributed by atoms with van der Waals surface area (Å²) in [4.78, 5) is 16.8. The maximum atomic E-state index is 13.9. The van der Waals surface area contributed by atoms with Gasteiger partial charge in [-0.1, -0.05) is 23.4 Å². The predicted octanol–water partition coefficient (Wildman–Crippen LogP) is 1.80. The SMILES string of the molecule is CC(C)NC(=O)c1cn(CCN2CCN(C(C)Cc3ccccc3F)CC2)nn1. The molecule has 29 heavy (non-hydrogen) atoms. The molecule has 0 radical (unpaired) electrons. The Bertz CT molecular complexity index is 800. The molecule has 1 aliphatic rings. The summed E-state index contributed by atoms with van der Waals surface area (Å²) >= 11 is 0. The third kappa shape index (κ3) is 6.08. The van der Waals surface area contributed by atoms with E-state index in [1.807, 2.05) is 26.0 Å². The molecule has 8 heteroatoms. The van der Waals surface area contributed by atoms with Crippen molar-refractivity contribution in [2.24, 2.45) is 0 Å². The Hall–Kier alpha value is -2.32. The normalized spacial score (nSPS) is 16.9. The van der Waals surface area contributed by atoms with Gasteiger partial charge in [0, 0.05) is 44.8 Å². The van der Waals surface area contributed by atoms with E-state index in [1.165, 1.54) is 6.07 Å². The standard InChI is InChI=1S/C21H31FN6O/c1-16(2)23-21(29)20-15-28(25-24-20)13-10-26-8-11-27(12-9-26)17(3)14-18-6-4-5-7-19(18)22/h4-7,15-17H,8-14H2,1-3H3,(H,23,29). The molecule has 1 amide bonds. The molecule has 1 unspecified atom stereocenters. The molecule has 2 aromatic rings. The van der Waals surface area contributed by atoms with Crippen LogP contribution in [0.25, 0.3) is 0 Å². The van der Waals surface area contributed by atoms with Crippen molar-refractivity contribution in [3.8, 4) is 0 Å². The Labute approximate surface area is 171 Å². The number of carbonyl (C=O) groups excluding carboxylic acids is 1. The number of hydrogen-bond donors (Lipinski definition) is 1. The lowest BCUT2D eigenvalue weighted by atomic mass is 10.0. The summed E-state index contributed by atoms with van der Waals surface area (Å²) in [6.07, 6.45) is 2.43. The van der Waals surface area contributed by atoms with E-state index in [1.54, 1.807) is 16.9 Å². The zero-order valence-corrected chi connectivity index (χ0v) is 17.5. The van der Waals surface area contributed by atoms with Crippen LogP contribution in [-0.4, -0.2) is 75.5 Å². The number of aromatic nitrogens is 3. The first-order valence-electron chi connectivity index (χ1n) is 10.3. The highest BCUT2D eigenvalue weighted by Crippen LogP contribution is 2.14. The zero-order chi connectivity index (χ0) is 20.8. The largest absolute Gasteiger partial charge is 0.348 e. The number of nitrogens with zero attached hydrogens (tertiary/aromatic N) is 5.